The van der Waals surface area contributed by atoms with Crippen LogP contribution in [0.2, 0.25) is 10.0 Å². The number of rotatable bonds is 2. The summed E-state index contributed by atoms with van der Waals surface area (Å²) in [5.74, 6) is -1.10. The molecule has 0 amide bonds. The van der Waals surface area contributed by atoms with Gasteiger partial charge in [-0.2, -0.15) is 5.26 Å². The van der Waals surface area contributed by atoms with Gasteiger partial charge in [-0.15, -0.1) is 0 Å². The van der Waals surface area contributed by atoms with Crippen molar-refractivity contribution in [1.82, 2.24) is 0 Å². The molecule has 2 rings (SSSR count). The van der Waals surface area contributed by atoms with Crippen LogP contribution in [0.1, 0.15) is 18.4 Å². The number of benzene rings is 1. The molecule has 0 unspecified atom stereocenters. The lowest BCUT2D eigenvalue weighted by atomic mass is 9.83. The smallest absolute Gasteiger partial charge is 0.338 e. The Morgan fingerprint density at radius 1 is 1.41 bits per heavy atom. The molecule has 1 aliphatic heterocycles. The topological polar surface area (TPSA) is 85.3 Å². The molecule has 0 saturated heterocycles. The van der Waals surface area contributed by atoms with Crippen LogP contribution in [0.15, 0.2) is 41.0 Å². The van der Waals surface area contributed by atoms with Gasteiger partial charge in [-0.3, -0.25) is 0 Å². The lowest BCUT2D eigenvalue weighted by Crippen LogP contribution is -2.25. The molecule has 1 aliphatic rings. The SMILES string of the molecule is COC(=O)C1=C(C)OC(N)=C(C#N)[C@H]1c1ccc(Cl)c(Cl)c1. The van der Waals surface area contributed by atoms with Crippen molar-refractivity contribution in [2.24, 2.45) is 5.73 Å². The minimum Gasteiger partial charge on any atom is -0.466 e. The van der Waals surface area contributed by atoms with E-state index in [1.54, 1.807) is 25.1 Å². The highest BCUT2D eigenvalue weighted by Crippen LogP contribution is 2.40. The lowest BCUT2D eigenvalue weighted by Gasteiger charge is -2.26. The van der Waals surface area contributed by atoms with Crippen LogP contribution in [-0.2, 0) is 14.3 Å². The zero-order valence-corrected chi connectivity index (χ0v) is 13.3. The number of nitriles is 1. The molecule has 0 radical (unpaired) electrons. The summed E-state index contributed by atoms with van der Waals surface area (Å²) in [5.41, 5.74) is 6.68. The quantitative estimate of drug-likeness (QED) is 0.836. The fourth-order valence-electron chi connectivity index (χ4n) is 2.28. The molecule has 1 aromatic carbocycles. The molecule has 0 aromatic heterocycles. The summed E-state index contributed by atoms with van der Waals surface area (Å²) in [7, 11) is 1.25. The normalized spacial score (nSPS) is 17.9. The van der Waals surface area contributed by atoms with Crippen LogP contribution in [0.4, 0.5) is 0 Å². The summed E-state index contributed by atoms with van der Waals surface area (Å²) < 4.78 is 10.1. The molecule has 0 saturated carbocycles. The first-order chi connectivity index (χ1) is 10.4. The van der Waals surface area contributed by atoms with E-state index in [9.17, 15) is 10.1 Å². The number of hydrogen-bond donors (Lipinski definition) is 1. The number of nitrogens with zero attached hydrogens (tertiary/aromatic N) is 1. The highest BCUT2D eigenvalue weighted by Gasteiger charge is 2.36. The van der Waals surface area contributed by atoms with Gasteiger partial charge in [0.1, 0.15) is 17.4 Å². The largest absolute Gasteiger partial charge is 0.466 e. The number of carbonyl (C=O) groups is 1. The first-order valence-corrected chi connectivity index (χ1v) is 6.97. The van der Waals surface area contributed by atoms with Crippen molar-refractivity contribution in [3.8, 4) is 6.07 Å². The second kappa shape index (κ2) is 6.30. The average Bonchev–Trinajstić information content (AvgIpc) is 2.48. The molecule has 5 nitrogen and oxygen atoms in total. The number of halogens is 2. The van der Waals surface area contributed by atoms with Gasteiger partial charge >= 0.3 is 5.97 Å². The zero-order valence-electron chi connectivity index (χ0n) is 11.8. The van der Waals surface area contributed by atoms with E-state index in [0.717, 1.165) is 0 Å². The highest BCUT2D eigenvalue weighted by atomic mass is 35.5. The van der Waals surface area contributed by atoms with E-state index in [2.05, 4.69) is 0 Å². The molecule has 7 heteroatoms. The second-order valence-corrected chi connectivity index (χ2v) is 5.37. The van der Waals surface area contributed by atoms with Gasteiger partial charge in [-0.1, -0.05) is 29.3 Å². The molecule has 1 aromatic rings. The van der Waals surface area contributed by atoms with Crippen LogP contribution in [0.5, 0.6) is 0 Å². The number of esters is 1. The van der Waals surface area contributed by atoms with Crippen molar-refractivity contribution in [1.29, 1.82) is 5.26 Å². The van der Waals surface area contributed by atoms with E-state index in [1.807, 2.05) is 6.07 Å². The Morgan fingerprint density at radius 3 is 2.64 bits per heavy atom. The van der Waals surface area contributed by atoms with Crippen LogP contribution in [0.3, 0.4) is 0 Å². The van der Waals surface area contributed by atoms with Gasteiger partial charge in [0.2, 0.25) is 5.88 Å². The molecule has 1 heterocycles. The Hall–Kier alpha value is -2.16. The van der Waals surface area contributed by atoms with Crippen molar-refractivity contribution in [3.05, 3.63) is 56.6 Å². The third kappa shape index (κ3) is 2.76. The van der Waals surface area contributed by atoms with Gasteiger partial charge in [0.15, 0.2) is 0 Å². The summed E-state index contributed by atoms with van der Waals surface area (Å²) in [4.78, 5) is 12.1. The predicted octanol–water partition coefficient (Wildman–Crippen LogP) is 3.25. The van der Waals surface area contributed by atoms with Crippen LogP contribution in [0.25, 0.3) is 0 Å². The van der Waals surface area contributed by atoms with Crippen LogP contribution >= 0.6 is 23.2 Å². The predicted molar refractivity (Wildman–Crippen MR) is 81.8 cm³/mol. The molecule has 0 bridgehead atoms. The van der Waals surface area contributed by atoms with Gasteiger partial charge in [-0.05, 0) is 24.6 Å². The summed E-state index contributed by atoms with van der Waals surface area (Å²) in [5, 5.41) is 10.1. The molecule has 114 valence electrons. The van der Waals surface area contributed by atoms with Gasteiger partial charge in [0, 0.05) is 0 Å². The summed E-state index contributed by atoms with van der Waals surface area (Å²) >= 11 is 11.9. The van der Waals surface area contributed by atoms with Crippen molar-refractivity contribution < 1.29 is 14.3 Å². The number of ether oxygens (including phenoxy) is 2. The van der Waals surface area contributed by atoms with Crippen molar-refractivity contribution in [2.45, 2.75) is 12.8 Å². The van der Waals surface area contributed by atoms with E-state index in [-0.39, 0.29) is 22.8 Å². The lowest BCUT2D eigenvalue weighted by molar-refractivity contribution is -0.136. The van der Waals surface area contributed by atoms with E-state index in [1.165, 1.54) is 7.11 Å². The Bertz CT molecular complexity index is 748. The minimum atomic E-state index is -0.721. The van der Waals surface area contributed by atoms with E-state index < -0.39 is 11.9 Å². The first-order valence-electron chi connectivity index (χ1n) is 6.22. The number of carbonyl (C=O) groups excluding carboxylic acids is 1. The Balaban J connectivity index is 2.68. The Morgan fingerprint density at radius 2 is 2.09 bits per heavy atom. The van der Waals surface area contributed by atoms with Crippen LogP contribution in [0, 0.1) is 11.3 Å². The fourth-order valence-corrected chi connectivity index (χ4v) is 2.59. The fraction of sp³-hybridized carbons (Fsp3) is 0.200. The zero-order chi connectivity index (χ0) is 16.4. The van der Waals surface area contributed by atoms with Crippen LogP contribution in [-0.4, -0.2) is 13.1 Å². The monoisotopic (exact) mass is 338 g/mol. The second-order valence-electron chi connectivity index (χ2n) is 4.56. The van der Waals surface area contributed by atoms with Gasteiger partial charge in [0.25, 0.3) is 0 Å². The van der Waals surface area contributed by atoms with Gasteiger partial charge < -0.3 is 15.2 Å². The third-order valence-electron chi connectivity index (χ3n) is 3.29. The van der Waals surface area contributed by atoms with Crippen molar-refractivity contribution in [2.75, 3.05) is 7.11 Å². The van der Waals surface area contributed by atoms with Crippen molar-refractivity contribution >= 4 is 29.2 Å². The van der Waals surface area contributed by atoms with Gasteiger partial charge in [-0.25, -0.2) is 4.79 Å². The molecular weight excluding hydrogens is 327 g/mol. The number of hydrogen-bond acceptors (Lipinski definition) is 5. The number of allylic oxidation sites excluding steroid dienone is 2. The Kier molecular flexibility index (Phi) is 4.65. The summed E-state index contributed by atoms with van der Waals surface area (Å²) in [6.45, 7) is 1.58. The molecular formula is C15H12Cl2N2O3. The molecule has 0 aliphatic carbocycles. The standard InChI is InChI=1S/C15H12Cl2N2O3/c1-7-12(15(20)21-2)13(9(6-18)14(19)22-7)8-3-4-10(16)11(17)5-8/h3-5,13H,19H2,1-2H3/t13-/m1/s1. The molecule has 22 heavy (non-hydrogen) atoms. The maximum Gasteiger partial charge on any atom is 0.338 e. The number of methoxy groups -OCH3 is 1. The summed E-state index contributed by atoms with van der Waals surface area (Å²) in [6.07, 6.45) is 0. The molecule has 1 atom stereocenters. The minimum absolute atomic E-state index is 0.0521. The summed E-state index contributed by atoms with van der Waals surface area (Å²) in [6, 6.07) is 6.82. The first kappa shape index (κ1) is 16.2. The van der Waals surface area contributed by atoms with E-state index in [0.29, 0.717) is 15.6 Å². The molecule has 0 spiro atoms. The number of nitrogens with two attached hydrogens (primary N) is 1. The van der Waals surface area contributed by atoms with E-state index in [4.69, 9.17) is 38.4 Å². The Labute approximate surface area is 137 Å². The van der Waals surface area contributed by atoms with Gasteiger partial charge in [0.05, 0.1) is 28.6 Å². The average molecular weight is 339 g/mol. The molecule has 2 N–H and O–H groups in total. The third-order valence-corrected chi connectivity index (χ3v) is 4.03. The maximum absolute atomic E-state index is 12.1. The highest BCUT2D eigenvalue weighted by molar-refractivity contribution is 6.42. The maximum atomic E-state index is 12.1. The molecule has 0 fully saturated rings. The van der Waals surface area contributed by atoms with Crippen LogP contribution < -0.4 is 5.73 Å². The van der Waals surface area contributed by atoms with E-state index >= 15 is 0 Å². The van der Waals surface area contributed by atoms with Crippen molar-refractivity contribution in [3.63, 3.8) is 0 Å².